The van der Waals surface area contributed by atoms with Gasteiger partial charge in [-0.3, -0.25) is 0 Å². The fourth-order valence-electron chi connectivity index (χ4n) is 2.70. The number of anilines is 1. The van der Waals surface area contributed by atoms with Crippen molar-refractivity contribution in [2.24, 2.45) is 0 Å². The van der Waals surface area contributed by atoms with E-state index in [0.29, 0.717) is 24.8 Å². The quantitative estimate of drug-likeness (QED) is 0.581. The van der Waals surface area contributed by atoms with Gasteiger partial charge in [0, 0.05) is 35.7 Å². The molecule has 2 aromatic carbocycles. The number of aryl methyl sites for hydroxylation is 1. The van der Waals surface area contributed by atoms with Crippen LogP contribution in [0.5, 0.6) is 0 Å². The number of amides is 2. The van der Waals surface area contributed by atoms with Gasteiger partial charge >= 0.3 is 6.03 Å². The minimum Gasteiger partial charge on any atom is -0.339 e. The standard InChI is InChI=1S/C20H21BrN4O2/c1-3-11-25(20(26)23-18-9-7-17(21)8-10-18)13-15-5-4-6-16(12-15)19-22-14(2)27-24-19/h4-10,12H,3,11,13H2,1-2H3,(H,23,26). The summed E-state index contributed by atoms with van der Waals surface area (Å²) in [4.78, 5) is 18.8. The Bertz CT molecular complexity index is 908. The normalized spacial score (nSPS) is 10.6. The van der Waals surface area contributed by atoms with Crippen LogP contribution in [0.25, 0.3) is 11.4 Å². The second-order valence-electron chi connectivity index (χ2n) is 6.20. The average molecular weight is 429 g/mol. The molecule has 1 N–H and O–H groups in total. The number of carbonyl (C=O) groups excluding carboxylic acids is 1. The first-order valence-electron chi connectivity index (χ1n) is 8.76. The summed E-state index contributed by atoms with van der Waals surface area (Å²) in [5, 5.41) is 6.91. The van der Waals surface area contributed by atoms with Crippen molar-refractivity contribution in [2.75, 3.05) is 11.9 Å². The van der Waals surface area contributed by atoms with Gasteiger partial charge in [0.1, 0.15) is 0 Å². The Balaban J connectivity index is 1.73. The molecule has 0 aliphatic rings. The lowest BCUT2D eigenvalue weighted by Gasteiger charge is -2.23. The fourth-order valence-corrected chi connectivity index (χ4v) is 2.97. The Morgan fingerprint density at radius 3 is 2.67 bits per heavy atom. The van der Waals surface area contributed by atoms with Crippen LogP contribution in [0.15, 0.2) is 57.5 Å². The van der Waals surface area contributed by atoms with Crippen LogP contribution >= 0.6 is 15.9 Å². The molecule has 6 nitrogen and oxygen atoms in total. The highest BCUT2D eigenvalue weighted by atomic mass is 79.9. The van der Waals surface area contributed by atoms with Gasteiger partial charge in [-0.25, -0.2) is 4.79 Å². The van der Waals surface area contributed by atoms with Crippen LogP contribution in [-0.2, 0) is 6.54 Å². The van der Waals surface area contributed by atoms with Gasteiger partial charge in [-0.05, 0) is 42.3 Å². The zero-order valence-corrected chi connectivity index (χ0v) is 16.9. The van der Waals surface area contributed by atoms with Crippen LogP contribution in [0.1, 0.15) is 24.8 Å². The number of hydrogen-bond donors (Lipinski definition) is 1. The van der Waals surface area contributed by atoms with Crippen molar-refractivity contribution in [3.05, 3.63) is 64.5 Å². The van der Waals surface area contributed by atoms with E-state index < -0.39 is 0 Å². The van der Waals surface area contributed by atoms with Crippen LogP contribution < -0.4 is 5.32 Å². The first kappa shape index (κ1) is 19.1. The van der Waals surface area contributed by atoms with Gasteiger partial charge in [0.15, 0.2) is 0 Å². The topological polar surface area (TPSA) is 71.3 Å². The van der Waals surface area contributed by atoms with Gasteiger partial charge in [-0.1, -0.05) is 46.2 Å². The van der Waals surface area contributed by atoms with Crippen LogP contribution in [0.4, 0.5) is 10.5 Å². The molecule has 3 rings (SSSR count). The lowest BCUT2D eigenvalue weighted by atomic mass is 10.1. The molecule has 0 aliphatic heterocycles. The van der Waals surface area contributed by atoms with Crippen LogP contribution in [-0.4, -0.2) is 27.6 Å². The summed E-state index contributed by atoms with van der Waals surface area (Å²) in [6, 6.07) is 15.3. The highest BCUT2D eigenvalue weighted by molar-refractivity contribution is 9.10. The number of nitrogens with one attached hydrogen (secondary N) is 1. The van der Waals surface area contributed by atoms with Gasteiger partial charge in [0.25, 0.3) is 0 Å². The van der Waals surface area contributed by atoms with E-state index in [1.807, 2.05) is 48.5 Å². The average Bonchev–Trinajstić information content (AvgIpc) is 3.10. The minimum atomic E-state index is -0.125. The first-order chi connectivity index (χ1) is 13.0. The number of urea groups is 1. The number of nitrogens with zero attached hydrogens (tertiary/aromatic N) is 3. The number of benzene rings is 2. The summed E-state index contributed by atoms with van der Waals surface area (Å²) < 4.78 is 6.02. The molecule has 140 valence electrons. The van der Waals surface area contributed by atoms with E-state index in [9.17, 15) is 4.79 Å². The zero-order valence-electron chi connectivity index (χ0n) is 15.3. The minimum absolute atomic E-state index is 0.125. The van der Waals surface area contributed by atoms with Crippen LogP contribution in [0.3, 0.4) is 0 Å². The number of aromatic nitrogens is 2. The maximum absolute atomic E-state index is 12.7. The summed E-state index contributed by atoms with van der Waals surface area (Å²) in [6.07, 6.45) is 0.873. The molecule has 0 saturated carbocycles. The SMILES string of the molecule is CCCN(Cc1cccc(-c2noc(C)n2)c1)C(=O)Nc1ccc(Br)cc1. The number of hydrogen-bond acceptors (Lipinski definition) is 4. The molecule has 1 heterocycles. The van der Waals surface area contributed by atoms with Crippen molar-refractivity contribution >= 4 is 27.6 Å². The Kier molecular flexibility index (Phi) is 6.24. The fraction of sp³-hybridized carbons (Fsp3) is 0.250. The zero-order chi connectivity index (χ0) is 19.2. The van der Waals surface area contributed by atoms with E-state index >= 15 is 0 Å². The highest BCUT2D eigenvalue weighted by Crippen LogP contribution is 2.19. The van der Waals surface area contributed by atoms with E-state index in [1.54, 1.807) is 11.8 Å². The molecular formula is C20H21BrN4O2. The van der Waals surface area contributed by atoms with E-state index in [2.05, 4.69) is 38.3 Å². The monoisotopic (exact) mass is 428 g/mol. The third-order valence-electron chi connectivity index (χ3n) is 3.96. The van der Waals surface area contributed by atoms with Crippen molar-refractivity contribution in [2.45, 2.75) is 26.8 Å². The summed E-state index contributed by atoms with van der Waals surface area (Å²) >= 11 is 3.40. The molecule has 3 aromatic rings. The van der Waals surface area contributed by atoms with Crippen molar-refractivity contribution in [1.29, 1.82) is 0 Å². The molecule has 0 aliphatic carbocycles. The van der Waals surface area contributed by atoms with Crippen molar-refractivity contribution < 1.29 is 9.32 Å². The maximum atomic E-state index is 12.7. The molecule has 0 fully saturated rings. The highest BCUT2D eigenvalue weighted by Gasteiger charge is 2.14. The van der Waals surface area contributed by atoms with E-state index in [1.165, 1.54) is 0 Å². The molecule has 7 heteroatoms. The first-order valence-corrected chi connectivity index (χ1v) is 9.55. The lowest BCUT2D eigenvalue weighted by Crippen LogP contribution is -2.35. The van der Waals surface area contributed by atoms with Crippen molar-refractivity contribution in [3.63, 3.8) is 0 Å². The molecule has 1 aromatic heterocycles. The summed E-state index contributed by atoms with van der Waals surface area (Å²) in [5.74, 6) is 1.08. The number of halogens is 1. The summed E-state index contributed by atoms with van der Waals surface area (Å²) in [7, 11) is 0. The van der Waals surface area contributed by atoms with Gasteiger partial charge in [-0.15, -0.1) is 0 Å². The molecule has 0 bridgehead atoms. The lowest BCUT2D eigenvalue weighted by molar-refractivity contribution is 0.209. The molecular weight excluding hydrogens is 408 g/mol. The third-order valence-corrected chi connectivity index (χ3v) is 4.49. The van der Waals surface area contributed by atoms with Crippen LogP contribution in [0, 0.1) is 6.92 Å². The van der Waals surface area contributed by atoms with Crippen molar-refractivity contribution in [1.82, 2.24) is 15.0 Å². The summed E-state index contributed by atoms with van der Waals surface area (Å²) in [5.41, 5.74) is 2.64. The molecule has 0 saturated heterocycles. The molecule has 27 heavy (non-hydrogen) atoms. The molecule has 0 spiro atoms. The van der Waals surface area contributed by atoms with Crippen molar-refractivity contribution in [3.8, 4) is 11.4 Å². The van der Waals surface area contributed by atoms with E-state index in [0.717, 1.165) is 27.7 Å². The van der Waals surface area contributed by atoms with Gasteiger partial charge in [0.05, 0.1) is 0 Å². The molecule has 0 atom stereocenters. The Morgan fingerprint density at radius 1 is 1.22 bits per heavy atom. The third kappa shape index (κ3) is 5.17. The van der Waals surface area contributed by atoms with E-state index in [4.69, 9.17) is 4.52 Å². The van der Waals surface area contributed by atoms with E-state index in [-0.39, 0.29) is 6.03 Å². The van der Waals surface area contributed by atoms with Gasteiger partial charge in [0.2, 0.25) is 11.7 Å². The van der Waals surface area contributed by atoms with Gasteiger partial charge in [-0.2, -0.15) is 4.98 Å². The molecule has 0 unspecified atom stereocenters. The largest absolute Gasteiger partial charge is 0.339 e. The number of carbonyl (C=O) groups is 1. The Labute approximate surface area is 166 Å². The predicted molar refractivity (Wildman–Crippen MR) is 108 cm³/mol. The Morgan fingerprint density at radius 2 is 2.00 bits per heavy atom. The van der Waals surface area contributed by atoms with Crippen LogP contribution in [0.2, 0.25) is 0 Å². The maximum Gasteiger partial charge on any atom is 0.322 e. The second-order valence-corrected chi connectivity index (χ2v) is 7.11. The molecule has 2 amide bonds. The predicted octanol–water partition coefficient (Wildman–Crippen LogP) is 5.25. The second kappa shape index (κ2) is 8.81. The smallest absolute Gasteiger partial charge is 0.322 e. The van der Waals surface area contributed by atoms with Gasteiger partial charge < -0.3 is 14.7 Å². The molecule has 0 radical (unpaired) electrons. The summed E-state index contributed by atoms with van der Waals surface area (Å²) in [6.45, 7) is 4.98. The number of rotatable bonds is 6. The Hall–Kier alpha value is -2.67.